The summed E-state index contributed by atoms with van der Waals surface area (Å²) < 4.78 is 18.3. The third-order valence-electron chi connectivity index (χ3n) is 11.3. The molecule has 0 spiro atoms. The van der Waals surface area contributed by atoms with Gasteiger partial charge in [-0.05, 0) is 92.7 Å². The van der Waals surface area contributed by atoms with Gasteiger partial charge in [0.2, 0.25) is 8.32 Å². The number of esters is 2. The standard InChI is InChI=1S/C38H68O5Si/c1-12-13-14-15-32-16-18-33(19-17-32)34-20-22-35(23-21-34)36(24-41-37(39)26(2)3)25-42-38(40)30(10)31(11)43-44(27(4)5,28(6)7)29(8)9/h27-29,31-36H,2,10,12-25H2,1,3-9,11H3. The summed E-state index contributed by atoms with van der Waals surface area (Å²) in [5, 5.41) is 0. The van der Waals surface area contributed by atoms with E-state index in [2.05, 4.69) is 61.6 Å². The van der Waals surface area contributed by atoms with Crippen molar-refractivity contribution in [3.63, 3.8) is 0 Å². The molecule has 0 N–H and O–H groups in total. The van der Waals surface area contributed by atoms with Gasteiger partial charge >= 0.3 is 11.9 Å². The van der Waals surface area contributed by atoms with Crippen molar-refractivity contribution < 1.29 is 23.5 Å². The Hall–Kier alpha value is -1.40. The number of unbranched alkanes of at least 4 members (excludes halogenated alkanes) is 2. The summed E-state index contributed by atoms with van der Waals surface area (Å²) >= 11 is 0. The molecule has 0 radical (unpaired) electrons. The Morgan fingerprint density at radius 1 is 0.727 bits per heavy atom. The summed E-state index contributed by atoms with van der Waals surface area (Å²) in [4.78, 5) is 25.5. The minimum Gasteiger partial charge on any atom is -0.462 e. The quantitative estimate of drug-likeness (QED) is 0.0651. The molecule has 0 aromatic carbocycles. The van der Waals surface area contributed by atoms with E-state index in [1.54, 1.807) is 6.92 Å². The molecule has 6 heteroatoms. The van der Waals surface area contributed by atoms with Crippen LogP contribution in [0.25, 0.3) is 0 Å². The minimum atomic E-state index is -2.17. The van der Waals surface area contributed by atoms with Gasteiger partial charge in [-0.3, -0.25) is 0 Å². The van der Waals surface area contributed by atoms with Crippen LogP contribution in [0, 0.1) is 29.6 Å². The highest BCUT2D eigenvalue weighted by Gasteiger charge is 2.47. The molecule has 2 saturated carbocycles. The molecule has 0 aromatic heterocycles. The van der Waals surface area contributed by atoms with Crippen LogP contribution >= 0.6 is 0 Å². The van der Waals surface area contributed by atoms with Crippen LogP contribution in [-0.4, -0.2) is 39.6 Å². The highest BCUT2D eigenvalue weighted by molar-refractivity contribution is 6.77. The minimum absolute atomic E-state index is 0.0306. The van der Waals surface area contributed by atoms with E-state index in [9.17, 15) is 9.59 Å². The first-order valence-electron chi connectivity index (χ1n) is 18.1. The van der Waals surface area contributed by atoms with Crippen molar-refractivity contribution in [1.82, 2.24) is 0 Å². The lowest BCUT2D eigenvalue weighted by Crippen LogP contribution is -2.50. The van der Waals surface area contributed by atoms with Gasteiger partial charge < -0.3 is 13.9 Å². The smallest absolute Gasteiger partial charge is 0.336 e. The fraction of sp³-hybridized carbons (Fsp3) is 0.842. The maximum Gasteiger partial charge on any atom is 0.336 e. The summed E-state index contributed by atoms with van der Waals surface area (Å²) in [7, 11) is -2.17. The predicted octanol–water partition coefficient (Wildman–Crippen LogP) is 10.6. The van der Waals surface area contributed by atoms with Gasteiger partial charge in [0.15, 0.2) is 0 Å². The first kappa shape index (κ1) is 38.8. The summed E-state index contributed by atoms with van der Waals surface area (Å²) in [5.41, 5.74) is 2.00. The third-order valence-corrected chi connectivity index (χ3v) is 17.5. The Morgan fingerprint density at radius 2 is 1.20 bits per heavy atom. The molecule has 2 aliphatic carbocycles. The van der Waals surface area contributed by atoms with E-state index >= 15 is 0 Å². The second kappa shape index (κ2) is 18.7. The monoisotopic (exact) mass is 632 g/mol. The second-order valence-electron chi connectivity index (χ2n) is 15.3. The van der Waals surface area contributed by atoms with Gasteiger partial charge in [-0.15, -0.1) is 0 Å². The zero-order chi connectivity index (χ0) is 33.0. The van der Waals surface area contributed by atoms with Crippen LogP contribution in [0.4, 0.5) is 0 Å². The molecule has 0 amide bonds. The number of hydrogen-bond acceptors (Lipinski definition) is 5. The van der Waals surface area contributed by atoms with Crippen LogP contribution in [-0.2, 0) is 23.5 Å². The largest absolute Gasteiger partial charge is 0.462 e. The van der Waals surface area contributed by atoms with Crippen LogP contribution in [0.1, 0.15) is 139 Å². The van der Waals surface area contributed by atoms with E-state index < -0.39 is 20.4 Å². The lowest BCUT2D eigenvalue weighted by Gasteiger charge is -2.44. The number of hydrogen-bond donors (Lipinski definition) is 0. The number of carbonyl (C=O) groups is 2. The second-order valence-corrected chi connectivity index (χ2v) is 20.7. The summed E-state index contributed by atoms with van der Waals surface area (Å²) in [6.45, 7) is 27.7. The topological polar surface area (TPSA) is 61.8 Å². The van der Waals surface area contributed by atoms with Crippen LogP contribution in [0.3, 0.4) is 0 Å². The third kappa shape index (κ3) is 10.8. The Morgan fingerprint density at radius 3 is 1.66 bits per heavy atom. The van der Waals surface area contributed by atoms with E-state index in [4.69, 9.17) is 13.9 Å². The molecule has 2 fully saturated rings. The molecule has 0 aliphatic heterocycles. The highest BCUT2D eigenvalue weighted by atomic mass is 28.4. The normalized spacial score (nSPS) is 24.3. The fourth-order valence-corrected chi connectivity index (χ4v) is 14.1. The zero-order valence-electron chi connectivity index (χ0n) is 30.1. The molecule has 254 valence electrons. The van der Waals surface area contributed by atoms with Crippen molar-refractivity contribution in [2.45, 2.75) is 162 Å². The molecule has 2 unspecified atom stereocenters. The van der Waals surface area contributed by atoms with Crippen LogP contribution in [0.5, 0.6) is 0 Å². The molecule has 0 aromatic rings. The molecule has 0 saturated heterocycles. The Kier molecular flexibility index (Phi) is 16.5. The van der Waals surface area contributed by atoms with Crippen LogP contribution < -0.4 is 0 Å². The van der Waals surface area contributed by atoms with Crippen LogP contribution in [0.15, 0.2) is 24.3 Å². The maximum atomic E-state index is 13.3. The van der Waals surface area contributed by atoms with Crippen molar-refractivity contribution in [2.24, 2.45) is 29.6 Å². The molecule has 2 atom stereocenters. The molecule has 2 rings (SSSR count). The maximum absolute atomic E-state index is 13.3. The molecule has 44 heavy (non-hydrogen) atoms. The molecular weight excluding hydrogens is 564 g/mol. The van der Waals surface area contributed by atoms with E-state index in [0.717, 1.165) is 30.6 Å². The average Bonchev–Trinajstić information content (AvgIpc) is 2.99. The van der Waals surface area contributed by atoms with Crippen molar-refractivity contribution in [3.8, 4) is 0 Å². The highest BCUT2D eigenvalue weighted by Crippen LogP contribution is 2.45. The lowest BCUT2D eigenvalue weighted by atomic mass is 9.67. The fourth-order valence-electron chi connectivity index (χ4n) is 8.57. The van der Waals surface area contributed by atoms with E-state index in [0.29, 0.717) is 33.7 Å². The lowest BCUT2D eigenvalue weighted by molar-refractivity contribution is -0.146. The van der Waals surface area contributed by atoms with Gasteiger partial charge in [0.1, 0.15) is 0 Å². The predicted molar refractivity (Wildman–Crippen MR) is 186 cm³/mol. The van der Waals surface area contributed by atoms with Gasteiger partial charge in [0, 0.05) is 11.5 Å². The van der Waals surface area contributed by atoms with Crippen molar-refractivity contribution in [1.29, 1.82) is 0 Å². The Labute approximate surface area is 272 Å². The van der Waals surface area contributed by atoms with Gasteiger partial charge in [-0.1, -0.05) is 100 Å². The van der Waals surface area contributed by atoms with E-state index in [1.165, 1.54) is 64.2 Å². The van der Waals surface area contributed by atoms with Crippen molar-refractivity contribution in [3.05, 3.63) is 24.3 Å². The molecule has 5 nitrogen and oxygen atoms in total. The molecule has 0 heterocycles. The van der Waals surface area contributed by atoms with Gasteiger partial charge in [-0.2, -0.15) is 0 Å². The summed E-state index contributed by atoms with van der Waals surface area (Å²) in [6.07, 6.45) is 15.3. The molecule has 0 bridgehead atoms. The van der Waals surface area contributed by atoms with Gasteiger partial charge in [-0.25, -0.2) is 9.59 Å². The van der Waals surface area contributed by atoms with Crippen LogP contribution in [0.2, 0.25) is 16.6 Å². The van der Waals surface area contributed by atoms with E-state index in [-0.39, 0.29) is 25.1 Å². The number of ether oxygens (including phenoxy) is 2. The summed E-state index contributed by atoms with van der Waals surface area (Å²) in [5.74, 6) is 2.16. The SMILES string of the molecule is C=C(C)C(=O)OCC(COC(=O)C(=C)C(C)O[Si](C(C)C)(C(C)C)C(C)C)C1CCC(C2CCC(CCCCC)CC2)CC1. The molecular formula is C38H68O5Si. The first-order valence-corrected chi connectivity index (χ1v) is 20.2. The van der Waals surface area contributed by atoms with Gasteiger partial charge in [0.25, 0.3) is 0 Å². The Balaban J connectivity index is 1.97. The van der Waals surface area contributed by atoms with Gasteiger partial charge in [0.05, 0.1) is 24.9 Å². The van der Waals surface area contributed by atoms with Crippen molar-refractivity contribution in [2.75, 3.05) is 13.2 Å². The Bertz CT molecular complexity index is 886. The summed E-state index contributed by atoms with van der Waals surface area (Å²) in [6, 6.07) is 0. The van der Waals surface area contributed by atoms with Crippen molar-refractivity contribution >= 4 is 20.3 Å². The zero-order valence-corrected chi connectivity index (χ0v) is 31.1. The first-order chi connectivity index (χ1) is 20.7. The number of rotatable bonds is 18. The van der Waals surface area contributed by atoms with E-state index in [1.807, 2.05) is 6.92 Å². The molecule has 2 aliphatic rings. The average molecular weight is 633 g/mol. The number of carbonyl (C=O) groups excluding carboxylic acids is 2.